The Morgan fingerprint density at radius 2 is 1.44 bits per heavy atom. The minimum atomic E-state index is -0.201. The average Bonchev–Trinajstić information content (AvgIpc) is 3.05. The molecule has 0 aliphatic heterocycles. The van der Waals surface area contributed by atoms with Crippen LogP contribution in [-0.2, 0) is 0 Å². The van der Waals surface area contributed by atoms with Gasteiger partial charge in [-0.15, -0.1) is 0 Å². The van der Waals surface area contributed by atoms with Crippen LogP contribution >= 0.6 is 0 Å². The largest absolute Gasteiger partial charge is 0.393 e. The highest BCUT2D eigenvalue weighted by Crippen LogP contribution is 2.77. The Morgan fingerprint density at radius 1 is 0.750 bits per heavy atom. The van der Waals surface area contributed by atoms with E-state index >= 15 is 0 Å². The second-order valence-electron chi connectivity index (χ2n) is 14.9. The van der Waals surface area contributed by atoms with E-state index in [1.807, 2.05) is 0 Å². The van der Waals surface area contributed by atoms with Crippen LogP contribution in [-0.4, -0.2) is 22.4 Å². The van der Waals surface area contributed by atoms with Crippen molar-refractivity contribution in [1.29, 1.82) is 0 Å². The van der Waals surface area contributed by atoms with Gasteiger partial charge in [0, 0.05) is 0 Å². The first-order chi connectivity index (χ1) is 14.7. The molecule has 0 aromatic carbocycles. The number of allylic oxidation sites excluding steroid dienone is 1. The highest BCUT2D eigenvalue weighted by molar-refractivity contribution is 5.22. The monoisotopic (exact) mass is 442 g/mol. The number of hydrogen-bond donors (Lipinski definition) is 2. The maximum absolute atomic E-state index is 12.0. The lowest BCUT2D eigenvalue weighted by Crippen LogP contribution is -2.69. The summed E-state index contributed by atoms with van der Waals surface area (Å²) in [6.45, 7) is 21.6. The summed E-state index contributed by atoms with van der Waals surface area (Å²) in [6, 6.07) is 0. The topological polar surface area (TPSA) is 40.5 Å². The second kappa shape index (κ2) is 6.87. The molecule has 5 saturated carbocycles. The van der Waals surface area contributed by atoms with Crippen LogP contribution in [0.25, 0.3) is 0 Å². The van der Waals surface area contributed by atoms with Crippen molar-refractivity contribution in [2.45, 2.75) is 118 Å². The fourth-order valence-electron chi connectivity index (χ4n) is 11.4. The third kappa shape index (κ3) is 2.66. The van der Waals surface area contributed by atoms with Gasteiger partial charge in [-0.2, -0.15) is 0 Å². The predicted molar refractivity (Wildman–Crippen MR) is 132 cm³/mol. The van der Waals surface area contributed by atoms with Crippen molar-refractivity contribution in [3.05, 3.63) is 12.2 Å². The van der Waals surface area contributed by atoms with Crippen molar-refractivity contribution in [3.8, 4) is 0 Å². The molecule has 11 atom stereocenters. The zero-order chi connectivity index (χ0) is 23.5. The minimum Gasteiger partial charge on any atom is -0.393 e. The summed E-state index contributed by atoms with van der Waals surface area (Å²) in [5.41, 5.74) is 2.36. The van der Waals surface area contributed by atoms with Gasteiger partial charge in [0.05, 0.1) is 12.2 Å². The fraction of sp³-hybridized carbons (Fsp3) is 0.933. The van der Waals surface area contributed by atoms with E-state index in [-0.39, 0.29) is 33.9 Å². The molecule has 0 amide bonds. The molecular formula is C30H50O2. The Bertz CT molecular complexity index is 801. The molecule has 5 aliphatic rings. The van der Waals surface area contributed by atoms with E-state index in [9.17, 15) is 10.2 Å². The lowest BCUT2D eigenvalue weighted by molar-refractivity contribution is -0.270. The summed E-state index contributed by atoms with van der Waals surface area (Å²) in [4.78, 5) is 0. The van der Waals surface area contributed by atoms with Gasteiger partial charge in [-0.1, -0.05) is 53.7 Å². The maximum Gasteiger partial charge on any atom is 0.0594 e. The Kier molecular flexibility index (Phi) is 5.02. The van der Waals surface area contributed by atoms with Gasteiger partial charge in [0.2, 0.25) is 0 Å². The molecule has 2 N–H and O–H groups in total. The molecule has 0 aromatic heterocycles. The first-order valence-corrected chi connectivity index (χ1v) is 13.7. The SMILES string of the molecule is C=C(C)[C@@H]1CC[C@]2(C)CC[C@]3(C)[C@H](C(O)C[C@@H]4[C@@]5(C)CC[C@H](O)C(C)(C)C5CC[C@]43C)[C@@H]12. The first kappa shape index (κ1) is 23.4. The molecule has 0 aromatic rings. The van der Waals surface area contributed by atoms with E-state index < -0.39 is 0 Å². The number of hydrogen-bond acceptors (Lipinski definition) is 2. The molecule has 0 spiro atoms. The second-order valence-corrected chi connectivity index (χ2v) is 14.9. The first-order valence-electron chi connectivity index (χ1n) is 13.7. The normalized spacial score (nSPS) is 58.8. The van der Waals surface area contributed by atoms with Crippen LogP contribution in [0.3, 0.4) is 0 Å². The van der Waals surface area contributed by atoms with Gasteiger partial charge in [-0.25, -0.2) is 0 Å². The highest BCUT2D eigenvalue weighted by Gasteiger charge is 2.72. The minimum absolute atomic E-state index is 0.0291. The number of rotatable bonds is 1. The molecule has 0 bridgehead atoms. The van der Waals surface area contributed by atoms with E-state index in [2.05, 4.69) is 55.0 Å². The molecular weight excluding hydrogens is 392 g/mol. The summed E-state index contributed by atoms with van der Waals surface area (Å²) in [7, 11) is 0. The molecule has 2 nitrogen and oxygen atoms in total. The van der Waals surface area contributed by atoms with Crippen molar-refractivity contribution in [3.63, 3.8) is 0 Å². The Labute approximate surface area is 197 Å². The van der Waals surface area contributed by atoms with Gasteiger partial charge in [-0.3, -0.25) is 0 Å². The van der Waals surface area contributed by atoms with Crippen LogP contribution in [0.5, 0.6) is 0 Å². The summed E-state index contributed by atoms with van der Waals surface area (Å²) >= 11 is 0. The Morgan fingerprint density at radius 3 is 2.09 bits per heavy atom. The lowest BCUT2D eigenvalue weighted by Gasteiger charge is -2.73. The van der Waals surface area contributed by atoms with Crippen molar-refractivity contribution in [2.75, 3.05) is 0 Å². The van der Waals surface area contributed by atoms with Crippen LogP contribution in [0.15, 0.2) is 12.2 Å². The smallest absolute Gasteiger partial charge is 0.0594 e. The fourth-order valence-corrected chi connectivity index (χ4v) is 11.4. The quantitative estimate of drug-likeness (QED) is 0.429. The van der Waals surface area contributed by atoms with Crippen molar-refractivity contribution in [1.82, 2.24) is 0 Å². The van der Waals surface area contributed by atoms with E-state index in [1.165, 1.54) is 44.1 Å². The van der Waals surface area contributed by atoms with Gasteiger partial charge in [-0.05, 0) is 121 Å². The van der Waals surface area contributed by atoms with Crippen LogP contribution in [0, 0.1) is 56.7 Å². The van der Waals surface area contributed by atoms with Crippen LogP contribution in [0.2, 0.25) is 0 Å². The third-order valence-electron chi connectivity index (χ3n) is 13.5. The number of fused-ring (bicyclic) bond motifs is 7. The van der Waals surface area contributed by atoms with E-state index in [1.54, 1.807) is 0 Å². The van der Waals surface area contributed by atoms with Gasteiger partial charge >= 0.3 is 0 Å². The van der Waals surface area contributed by atoms with Crippen LogP contribution in [0.1, 0.15) is 106 Å². The van der Waals surface area contributed by atoms with E-state index in [4.69, 9.17) is 0 Å². The molecule has 2 heteroatoms. The van der Waals surface area contributed by atoms with Gasteiger partial charge < -0.3 is 10.2 Å². The molecule has 5 rings (SSSR count). The van der Waals surface area contributed by atoms with Crippen molar-refractivity contribution in [2.24, 2.45) is 56.7 Å². The van der Waals surface area contributed by atoms with Crippen molar-refractivity contribution >= 4 is 0 Å². The molecule has 5 fully saturated rings. The highest BCUT2D eigenvalue weighted by atomic mass is 16.3. The molecule has 0 radical (unpaired) electrons. The van der Waals surface area contributed by atoms with Gasteiger partial charge in [0.1, 0.15) is 0 Å². The van der Waals surface area contributed by atoms with Crippen LogP contribution in [0.4, 0.5) is 0 Å². The number of aliphatic hydroxyl groups excluding tert-OH is 2. The molecule has 5 aliphatic carbocycles. The summed E-state index contributed by atoms with van der Waals surface area (Å²) in [5, 5.41) is 22.9. The van der Waals surface area contributed by atoms with E-state index in [0.29, 0.717) is 35.0 Å². The maximum atomic E-state index is 12.0. The Balaban J connectivity index is 1.58. The molecule has 182 valence electrons. The lowest BCUT2D eigenvalue weighted by atomic mass is 9.32. The van der Waals surface area contributed by atoms with Crippen molar-refractivity contribution < 1.29 is 10.2 Å². The predicted octanol–water partition coefficient (Wildman–Crippen LogP) is 7.00. The number of aliphatic hydroxyl groups is 2. The molecule has 2 unspecified atom stereocenters. The Hall–Kier alpha value is -0.340. The summed E-state index contributed by atoms with van der Waals surface area (Å²) in [6.07, 6.45) is 10.3. The average molecular weight is 443 g/mol. The molecule has 0 heterocycles. The van der Waals surface area contributed by atoms with Crippen LogP contribution < -0.4 is 0 Å². The van der Waals surface area contributed by atoms with E-state index in [0.717, 1.165) is 19.3 Å². The zero-order valence-corrected chi connectivity index (χ0v) is 22.0. The third-order valence-corrected chi connectivity index (χ3v) is 13.5. The van der Waals surface area contributed by atoms with Gasteiger partial charge in [0.25, 0.3) is 0 Å². The summed E-state index contributed by atoms with van der Waals surface area (Å²) < 4.78 is 0. The van der Waals surface area contributed by atoms with Gasteiger partial charge in [0.15, 0.2) is 0 Å². The zero-order valence-electron chi connectivity index (χ0n) is 22.0. The molecule has 32 heavy (non-hydrogen) atoms. The summed E-state index contributed by atoms with van der Waals surface area (Å²) in [5.74, 6) is 2.66. The standard InChI is InChI=1S/C30H50O2/c1-18(2)19-9-12-27(5)15-16-30(8)25(24(19)27)20(31)17-22-28(6)13-11-23(32)26(3,4)21(28)10-14-29(22,30)7/h19-25,31-32H,1,9-17H2,2-8H3/t19-,20?,21?,22+,23-,24+,25+,27+,28-,29+,30+/m0/s1. The molecule has 0 saturated heterocycles.